The summed E-state index contributed by atoms with van der Waals surface area (Å²) in [6.07, 6.45) is 0. The summed E-state index contributed by atoms with van der Waals surface area (Å²) in [6, 6.07) is 8.84. The summed E-state index contributed by atoms with van der Waals surface area (Å²) >= 11 is 1.59. The number of nitrogens with two attached hydrogens (primary N) is 1. The van der Waals surface area contributed by atoms with Crippen molar-refractivity contribution in [1.29, 1.82) is 0 Å². The molecule has 94 valence electrons. The van der Waals surface area contributed by atoms with Gasteiger partial charge >= 0.3 is 5.69 Å². The van der Waals surface area contributed by atoms with Gasteiger partial charge in [-0.05, 0) is 23.6 Å². The van der Waals surface area contributed by atoms with Crippen LogP contribution in [-0.4, -0.2) is 4.92 Å². The normalized spacial score (nSPS) is 10.1. The smallest absolute Gasteiger partial charge is 0.316 e. The SMILES string of the molecule is NNc1cccc(NCc2cccs2)c1[N+](=O)[O-]. The Hall–Kier alpha value is -2.12. The summed E-state index contributed by atoms with van der Waals surface area (Å²) in [5.41, 5.74) is 3.02. The van der Waals surface area contributed by atoms with Gasteiger partial charge in [0.1, 0.15) is 11.4 Å². The second-order valence-corrected chi connectivity index (χ2v) is 4.57. The third-order valence-electron chi connectivity index (χ3n) is 2.41. The number of para-hydroxylation sites is 1. The average Bonchev–Trinajstić information content (AvgIpc) is 2.88. The van der Waals surface area contributed by atoms with Crippen molar-refractivity contribution in [1.82, 2.24) is 0 Å². The van der Waals surface area contributed by atoms with Crippen LogP contribution in [0.1, 0.15) is 4.88 Å². The molecule has 0 saturated heterocycles. The summed E-state index contributed by atoms with van der Waals surface area (Å²) in [5.74, 6) is 5.27. The van der Waals surface area contributed by atoms with Crippen LogP contribution in [0.4, 0.5) is 17.1 Å². The Labute approximate surface area is 108 Å². The molecule has 0 aliphatic carbocycles. The molecule has 0 aliphatic rings. The maximum atomic E-state index is 11.0. The molecular weight excluding hydrogens is 252 g/mol. The van der Waals surface area contributed by atoms with E-state index in [4.69, 9.17) is 5.84 Å². The van der Waals surface area contributed by atoms with Gasteiger partial charge in [0.25, 0.3) is 0 Å². The first kappa shape index (κ1) is 12.3. The van der Waals surface area contributed by atoms with Crippen LogP contribution < -0.4 is 16.6 Å². The van der Waals surface area contributed by atoms with Crippen LogP contribution in [0.25, 0.3) is 0 Å². The van der Waals surface area contributed by atoms with E-state index in [9.17, 15) is 10.1 Å². The molecule has 0 amide bonds. The molecule has 0 aliphatic heterocycles. The second-order valence-electron chi connectivity index (χ2n) is 3.54. The first-order valence-corrected chi connectivity index (χ1v) is 6.10. The fourth-order valence-corrected chi connectivity index (χ4v) is 2.24. The van der Waals surface area contributed by atoms with Gasteiger partial charge < -0.3 is 10.7 Å². The van der Waals surface area contributed by atoms with E-state index in [0.717, 1.165) is 4.88 Å². The third-order valence-corrected chi connectivity index (χ3v) is 3.28. The zero-order chi connectivity index (χ0) is 13.0. The standard InChI is InChI=1S/C11H12N4O2S/c12-14-10-5-1-4-9(11(10)15(16)17)13-7-8-3-2-6-18-8/h1-6,13-14H,7,12H2. The maximum Gasteiger partial charge on any atom is 0.316 e. The van der Waals surface area contributed by atoms with Crippen molar-refractivity contribution in [3.8, 4) is 0 Å². The lowest BCUT2D eigenvalue weighted by Crippen LogP contribution is -2.10. The number of hydrogen-bond acceptors (Lipinski definition) is 6. The lowest BCUT2D eigenvalue weighted by molar-refractivity contribution is -0.383. The largest absolute Gasteiger partial charge is 0.375 e. The predicted octanol–water partition coefficient (Wildman–Crippen LogP) is 2.55. The molecule has 6 nitrogen and oxygen atoms in total. The summed E-state index contributed by atoms with van der Waals surface area (Å²) in [4.78, 5) is 11.7. The fourth-order valence-electron chi connectivity index (χ4n) is 1.59. The molecule has 18 heavy (non-hydrogen) atoms. The number of nitrogens with one attached hydrogen (secondary N) is 2. The molecule has 0 atom stereocenters. The van der Waals surface area contributed by atoms with Gasteiger partial charge in [-0.2, -0.15) is 0 Å². The number of benzene rings is 1. The first-order valence-electron chi connectivity index (χ1n) is 5.22. The molecule has 1 heterocycles. The minimum absolute atomic E-state index is 0.0449. The summed E-state index contributed by atoms with van der Waals surface area (Å²) in [7, 11) is 0. The van der Waals surface area contributed by atoms with Gasteiger partial charge in [-0.3, -0.25) is 16.0 Å². The number of rotatable bonds is 5. The number of hydrazine groups is 1. The van der Waals surface area contributed by atoms with E-state index in [2.05, 4.69) is 10.7 Å². The van der Waals surface area contributed by atoms with E-state index in [1.165, 1.54) is 0 Å². The van der Waals surface area contributed by atoms with Crippen molar-refractivity contribution in [2.24, 2.45) is 5.84 Å². The number of hydrogen-bond donors (Lipinski definition) is 3. The van der Waals surface area contributed by atoms with Crippen molar-refractivity contribution in [2.45, 2.75) is 6.54 Å². The highest BCUT2D eigenvalue weighted by molar-refractivity contribution is 7.09. The van der Waals surface area contributed by atoms with Gasteiger partial charge in [0.2, 0.25) is 0 Å². The molecule has 0 unspecified atom stereocenters. The van der Waals surface area contributed by atoms with Crippen LogP contribution in [0, 0.1) is 10.1 Å². The Morgan fingerprint density at radius 2 is 2.06 bits per heavy atom. The summed E-state index contributed by atoms with van der Waals surface area (Å²) in [5, 5.41) is 16.0. The Morgan fingerprint density at radius 1 is 1.28 bits per heavy atom. The first-order chi connectivity index (χ1) is 8.72. The molecule has 1 aromatic heterocycles. The maximum absolute atomic E-state index is 11.0. The monoisotopic (exact) mass is 264 g/mol. The molecular formula is C11H12N4O2S. The average molecular weight is 264 g/mol. The van der Waals surface area contributed by atoms with Crippen LogP contribution >= 0.6 is 11.3 Å². The fraction of sp³-hybridized carbons (Fsp3) is 0.0909. The Morgan fingerprint density at radius 3 is 2.67 bits per heavy atom. The number of nitro groups is 1. The Kier molecular flexibility index (Phi) is 3.75. The Bertz CT molecular complexity index is 542. The quantitative estimate of drug-likeness (QED) is 0.438. The molecule has 0 saturated carbocycles. The lowest BCUT2D eigenvalue weighted by atomic mass is 10.2. The van der Waals surface area contributed by atoms with E-state index in [0.29, 0.717) is 12.2 Å². The number of anilines is 2. The van der Waals surface area contributed by atoms with Crippen LogP contribution in [0.3, 0.4) is 0 Å². The lowest BCUT2D eigenvalue weighted by Gasteiger charge is -2.08. The summed E-state index contributed by atoms with van der Waals surface area (Å²) < 4.78 is 0. The van der Waals surface area contributed by atoms with E-state index >= 15 is 0 Å². The van der Waals surface area contributed by atoms with E-state index < -0.39 is 4.92 Å². The molecule has 1 aromatic carbocycles. The molecule has 0 radical (unpaired) electrons. The predicted molar refractivity (Wildman–Crippen MR) is 72.6 cm³/mol. The number of nitro benzene ring substituents is 1. The van der Waals surface area contributed by atoms with Gasteiger partial charge in [0, 0.05) is 11.4 Å². The minimum Gasteiger partial charge on any atom is -0.375 e. The molecule has 0 spiro atoms. The third kappa shape index (κ3) is 2.58. The van der Waals surface area contributed by atoms with Crippen molar-refractivity contribution < 1.29 is 4.92 Å². The zero-order valence-electron chi connectivity index (χ0n) is 9.42. The van der Waals surface area contributed by atoms with Crippen LogP contribution in [0.15, 0.2) is 35.7 Å². The topological polar surface area (TPSA) is 93.2 Å². The van der Waals surface area contributed by atoms with Crippen LogP contribution in [0.2, 0.25) is 0 Å². The minimum atomic E-state index is -0.452. The van der Waals surface area contributed by atoms with Gasteiger partial charge in [-0.25, -0.2) is 0 Å². The number of nitrogens with zero attached hydrogens (tertiary/aromatic N) is 1. The zero-order valence-corrected chi connectivity index (χ0v) is 10.2. The number of nitrogen functional groups attached to an aromatic ring is 1. The van der Waals surface area contributed by atoms with Gasteiger partial charge in [-0.15, -0.1) is 11.3 Å². The second kappa shape index (κ2) is 5.48. The highest BCUT2D eigenvalue weighted by Crippen LogP contribution is 2.32. The number of thiophene rings is 1. The highest BCUT2D eigenvalue weighted by atomic mass is 32.1. The molecule has 4 N–H and O–H groups in total. The molecule has 0 bridgehead atoms. The Balaban J connectivity index is 2.24. The van der Waals surface area contributed by atoms with Crippen LogP contribution in [-0.2, 0) is 6.54 Å². The van der Waals surface area contributed by atoms with Gasteiger partial charge in [0.05, 0.1) is 4.92 Å². The molecule has 7 heteroatoms. The van der Waals surface area contributed by atoms with Crippen LogP contribution in [0.5, 0.6) is 0 Å². The van der Waals surface area contributed by atoms with E-state index in [-0.39, 0.29) is 11.4 Å². The summed E-state index contributed by atoms with van der Waals surface area (Å²) in [6.45, 7) is 0.548. The van der Waals surface area contributed by atoms with E-state index in [1.807, 2.05) is 17.5 Å². The van der Waals surface area contributed by atoms with Crippen molar-refractivity contribution in [3.63, 3.8) is 0 Å². The van der Waals surface area contributed by atoms with Crippen molar-refractivity contribution in [2.75, 3.05) is 10.7 Å². The molecule has 0 fully saturated rings. The van der Waals surface area contributed by atoms with Crippen molar-refractivity contribution in [3.05, 3.63) is 50.7 Å². The highest BCUT2D eigenvalue weighted by Gasteiger charge is 2.18. The molecule has 2 rings (SSSR count). The van der Waals surface area contributed by atoms with Gasteiger partial charge in [0.15, 0.2) is 0 Å². The van der Waals surface area contributed by atoms with Crippen molar-refractivity contribution >= 4 is 28.4 Å². The van der Waals surface area contributed by atoms with E-state index in [1.54, 1.807) is 29.5 Å². The van der Waals surface area contributed by atoms with Gasteiger partial charge in [-0.1, -0.05) is 12.1 Å². The molecule has 2 aromatic rings.